The predicted molar refractivity (Wildman–Crippen MR) is 83.1 cm³/mol. The van der Waals surface area contributed by atoms with Gasteiger partial charge in [-0.1, -0.05) is 12.1 Å². The number of rotatable bonds is 4. The van der Waals surface area contributed by atoms with Crippen LogP contribution in [-0.2, 0) is 16.0 Å². The monoisotopic (exact) mass is 305 g/mol. The number of aryl methyl sites for hydroxylation is 2. The Morgan fingerprint density at radius 3 is 2.77 bits per heavy atom. The number of benzene rings is 1. The van der Waals surface area contributed by atoms with E-state index in [0.29, 0.717) is 29.9 Å². The SMILES string of the molecule is Cc1cc(CCC(=O)NC2CCC23CCOCC3)ccc1F. The Morgan fingerprint density at radius 1 is 1.36 bits per heavy atom. The van der Waals surface area contributed by atoms with Gasteiger partial charge in [0.1, 0.15) is 5.82 Å². The molecule has 0 bridgehead atoms. The molecule has 1 unspecified atom stereocenters. The van der Waals surface area contributed by atoms with Crippen molar-refractivity contribution < 1.29 is 13.9 Å². The molecule has 1 saturated heterocycles. The highest BCUT2D eigenvalue weighted by atomic mass is 19.1. The van der Waals surface area contributed by atoms with Crippen LogP contribution in [0.15, 0.2) is 18.2 Å². The molecular weight excluding hydrogens is 281 g/mol. The molecule has 1 spiro atoms. The molecule has 2 aliphatic rings. The highest BCUT2D eigenvalue weighted by Crippen LogP contribution is 2.48. The van der Waals surface area contributed by atoms with Crippen LogP contribution in [0.3, 0.4) is 0 Å². The molecule has 1 atom stereocenters. The lowest BCUT2D eigenvalue weighted by Gasteiger charge is -2.52. The molecule has 1 saturated carbocycles. The highest BCUT2D eigenvalue weighted by molar-refractivity contribution is 5.76. The third kappa shape index (κ3) is 3.17. The van der Waals surface area contributed by atoms with E-state index in [1.54, 1.807) is 13.0 Å². The first-order valence-corrected chi connectivity index (χ1v) is 8.21. The molecule has 1 N–H and O–H groups in total. The molecule has 0 aromatic heterocycles. The second kappa shape index (κ2) is 6.37. The lowest BCUT2D eigenvalue weighted by atomic mass is 9.60. The van der Waals surface area contributed by atoms with E-state index in [0.717, 1.165) is 38.0 Å². The Bertz CT molecular complexity index is 552. The molecule has 1 amide bonds. The lowest BCUT2D eigenvalue weighted by molar-refractivity contribution is -0.127. The molecule has 4 heteroatoms. The fraction of sp³-hybridized carbons (Fsp3) is 0.611. The molecule has 3 rings (SSSR count). The molecule has 3 nitrogen and oxygen atoms in total. The zero-order valence-corrected chi connectivity index (χ0v) is 13.2. The van der Waals surface area contributed by atoms with E-state index in [9.17, 15) is 9.18 Å². The van der Waals surface area contributed by atoms with E-state index in [4.69, 9.17) is 4.74 Å². The minimum atomic E-state index is -0.191. The largest absolute Gasteiger partial charge is 0.381 e. The summed E-state index contributed by atoms with van der Waals surface area (Å²) in [6, 6.07) is 5.38. The fourth-order valence-corrected chi connectivity index (χ4v) is 3.69. The molecule has 1 aromatic carbocycles. The fourth-order valence-electron chi connectivity index (χ4n) is 3.69. The molecule has 0 radical (unpaired) electrons. The van der Waals surface area contributed by atoms with Crippen LogP contribution >= 0.6 is 0 Å². The van der Waals surface area contributed by atoms with Crippen molar-refractivity contribution >= 4 is 5.91 Å². The van der Waals surface area contributed by atoms with Gasteiger partial charge >= 0.3 is 0 Å². The third-order valence-electron chi connectivity index (χ3n) is 5.36. The van der Waals surface area contributed by atoms with Gasteiger partial charge in [-0.15, -0.1) is 0 Å². The summed E-state index contributed by atoms with van der Waals surface area (Å²) in [6.07, 6.45) is 5.55. The maximum Gasteiger partial charge on any atom is 0.220 e. The van der Waals surface area contributed by atoms with Crippen molar-refractivity contribution in [3.05, 3.63) is 35.1 Å². The van der Waals surface area contributed by atoms with Gasteiger partial charge in [0, 0.05) is 25.7 Å². The average molecular weight is 305 g/mol. The van der Waals surface area contributed by atoms with Gasteiger partial charge in [-0.25, -0.2) is 4.39 Å². The van der Waals surface area contributed by atoms with Crippen LogP contribution in [-0.4, -0.2) is 25.2 Å². The summed E-state index contributed by atoms with van der Waals surface area (Å²) in [5, 5.41) is 3.20. The molecule has 120 valence electrons. The molecule has 1 aliphatic heterocycles. The number of amides is 1. The molecule has 1 heterocycles. The number of carbonyl (C=O) groups is 1. The smallest absolute Gasteiger partial charge is 0.220 e. The molecule has 2 fully saturated rings. The molecule has 1 aromatic rings. The maximum absolute atomic E-state index is 13.2. The Kier molecular flexibility index (Phi) is 4.48. The summed E-state index contributed by atoms with van der Waals surface area (Å²) in [5.74, 6) is -0.0818. The van der Waals surface area contributed by atoms with Crippen LogP contribution < -0.4 is 5.32 Å². The summed E-state index contributed by atoms with van der Waals surface area (Å²) in [7, 11) is 0. The number of hydrogen-bond acceptors (Lipinski definition) is 2. The van der Waals surface area contributed by atoms with E-state index >= 15 is 0 Å². The van der Waals surface area contributed by atoms with Crippen molar-refractivity contribution in [1.82, 2.24) is 5.32 Å². The topological polar surface area (TPSA) is 38.3 Å². The standard InChI is InChI=1S/C18H24FNO2/c1-13-12-14(2-4-15(13)19)3-5-17(21)20-16-6-7-18(16)8-10-22-11-9-18/h2,4,12,16H,3,5-11H2,1H3,(H,20,21). The number of carbonyl (C=O) groups excluding carboxylic acids is 1. The molecular formula is C18H24FNO2. The zero-order chi connectivity index (χ0) is 15.6. The van der Waals surface area contributed by atoms with Crippen molar-refractivity contribution in [2.75, 3.05) is 13.2 Å². The average Bonchev–Trinajstić information content (AvgIpc) is 2.53. The zero-order valence-electron chi connectivity index (χ0n) is 13.2. The van der Waals surface area contributed by atoms with E-state index in [2.05, 4.69) is 5.32 Å². The van der Waals surface area contributed by atoms with Crippen LogP contribution in [0, 0.1) is 18.2 Å². The Balaban J connectivity index is 1.49. The highest BCUT2D eigenvalue weighted by Gasteiger charge is 2.47. The minimum absolute atomic E-state index is 0.109. The first kappa shape index (κ1) is 15.5. The molecule has 1 aliphatic carbocycles. The third-order valence-corrected chi connectivity index (χ3v) is 5.36. The van der Waals surface area contributed by atoms with Crippen LogP contribution in [0.5, 0.6) is 0 Å². The maximum atomic E-state index is 13.2. The van der Waals surface area contributed by atoms with Crippen molar-refractivity contribution in [2.45, 2.75) is 51.5 Å². The number of nitrogens with one attached hydrogen (secondary N) is 1. The van der Waals surface area contributed by atoms with E-state index < -0.39 is 0 Å². The second-order valence-electron chi connectivity index (χ2n) is 6.72. The van der Waals surface area contributed by atoms with Crippen LogP contribution in [0.4, 0.5) is 4.39 Å². The van der Waals surface area contributed by atoms with Crippen LogP contribution in [0.2, 0.25) is 0 Å². The van der Waals surface area contributed by atoms with Gasteiger partial charge in [0.15, 0.2) is 0 Å². The van der Waals surface area contributed by atoms with Crippen molar-refractivity contribution in [2.24, 2.45) is 5.41 Å². The van der Waals surface area contributed by atoms with Gasteiger partial charge in [0.05, 0.1) is 0 Å². The Labute approximate surface area is 131 Å². The van der Waals surface area contributed by atoms with Gasteiger partial charge in [0.25, 0.3) is 0 Å². The summed E-state index contributed by atoms with van der Waals surface area (Å²) >= 11 is 0. The van der Waals surface area contributed by atoms with Crippen LogP contribution in [0.1, 0.15) is 43.2 Å². The van der Waals surface area contributed by atoms with Gasteiger partial charge in [-0.2, -0.15) is 0 Å². The minimum Gasteiger partial charge on any atom is -0.381 e. The second-order valence-corrected chi connectivity index (χ2v) is 6.72. The number of halogens is 1. The van der Waals surface area contributed by atoms with Gasteiger partial charge < -0.3 is 10.1 Å². The van der Waals surface area contributed by atoms with Crippen LogP contribution in [0.25, 0.3) is 0 Å². The Morgan fingerprint density at radius 2 is 2.14 bits per heavy atom. The van der Waals surface area contributed by atoms with Gasteiger partial charge in [-0.3, -0.25) is 4.79 Å². The molecule has 22 heavy (non-hydrogen) atoms. The summed E-state index contributed by atoms with van der Waals surface area (Å²) in [6.45, 7) is 3.39. The van der Waals surface area contributed by atoms with Crippen molar-refractivity contribution in [1.29, 1.82) is 0 Å². The van der Waals surface area contributed by atoms with E-state index in [-0.39, 0.29) is 11.7 Å². The summed E-state index contributed by atoms with van der Waals surface area (Å²) in [4.78, 5) is 12.2. The summed E-state index contributed by atoms with van der Waals surface area (Å²) < 4.78 is 18.7. The predicted octanol–water partition coefficient (Wildman–Crippen LogP) is 3.14. The van der Waals surface area contributed by atoms with Crippen molar-refractivity contribution in [3.63, 3.8) is 0 Å². The normalized spacial score (nSPS) is 23.1. The first-order chi connectivity index (χ1) is 10.6. The Hall–Kier alpha value is -1.42. The van der Waals surface area contributed by atoms with E-state index in [1.165, 1.54) is 12.5 Å². The van der Waals surface area contributed by atoms with Gasteiger partial charge in [0.2, 0.25) is 5.91 Å². The number of ether oxygens (including phenoxy) is 1. The lowest BCUT2D eigenvalue weighted by Crippen LogP contribution is -2.57. The summed E-state index contributed by atoms with van der Waals surface area (Å²) in [5.41, 5.74) is 1.95. The quantitative estimate of drug-likeness (QED) is 0.928. The van der Waals surface area contributed by atoms with Gasteiger partial charge in [-0.05, 0) is 61.6 Å². The first-order valence-electron chi connectivity index (χ1n) is 8.21. The van der Waals surface area contributed by atoms with Crippen molar-refractivity contribution in [3.8, 4) is 0 Å². The van der Waals surface area contributed by atoms with E-state index in [1.807, 2.05) is 6.07 Å². The number of hydrogen-bond donors (Lipinski definition) is 1.